The Morgan fingerprint density at radius 2 is 1.33 bits per heavy atom. The maximum Gasteiger partial charge on any atom is 0.0666 e. The van der Waals surface area contributed by atoms with Crippen LogP contribution >= 0.6 is 0 Å². The maximum atomic E-state index is 9.49. The predicted octanol–water partition coefficient (Wildman–Crippen LogP) is 3.61. The number of hydrogen-bond donors (Lipinski definition) is 0. The van der Waals surface area contributed by atoms with Crippen LogP contribution in [0.2, 0.25) is 0 Å². The number of hydrogen-bond acceptors (Lipinski definition) is 2. The highest BCUT2D eigenvalue weighted by atomic mass is 16.4. The highest BCUT2D eigenvalue weighted by molar-refractivity contribution is 6.01. The molecule has 2 nitrogen and oxygen atoms in total. The second-order valence-electron chi connectivity index (χ2n) is 5.01. The summed E-state index contributed by atoms with van der Waals surface area (Å²) in [6.45, 7) is 6.68. The van der Waals surface area contributed by atoms with Gasteiger partial charge in [0.1, 0.15) is 0 Å². The Hall–Kier alpha value is -2.61. The molecule has 0 heterocycles. The third-order valence-corrected chi connectivity index (χ3v) is 3.39. The van der Waals surface area contributed by atoms with Crippen LogP contribution in [0.25, 0.3) is 21.5 Å². The lowest BCUT2D eigenvalue weighted by molar-refractivity contribution is -0.299. The molecule has 0 atom stereocenters. The number of carboxylic acid groups (broad SMARTS) is 1. The van der Waals surface area contributed by atoms with Crippen molar-refractivity contribution in [1.29, 1.82) is 0 Å². The number of aryl methyl sites for hydroxylation is 1. The highest BCUT2D eigenvalue weighted by Gasteiger charge is 2.01. The second-order valence-corrected chi connectivity index (χ2v) is 5.01. The number of aliphatic carboxylic acids is 1. The number of fused-ring (bicyclic) bond motifs is 2. The fourth-order valence-electron chi connectivity index (χ4n) is 2.24. The number of carbonyl (C=O) groups excluding carboxylic acids is 1. The van der Waals surface area contributed by atoms with Crippen molar-refractivity contribution >= 4 is 27.5 Å². The van der Waals surface area contributed by atoms with Gasteiger partial charge in [0.15, 0.2) is 0 Å². The minimum atomic E-state index is -1.19. The first-order valence-electron chi connectivity index (χ1n) is 6.74. The zero-order valence-corrected chi connectivity index (χ0v) is 12.2. The van der Waals surface area contributed by atoms with Crippen molar-refractivity contribution < 1.29 is 9.90 Å². The van der Waals surface area contributed by atoms with Gasteiger partial charge in [-0.1, -0.05) is 55.1 Å². The van der Waals surface area contributed by atoms with E-state index in [1.54, 1.807) is 0 Å². The van der Waals surface area contributed by atoms with E-state index in [0.717, 1.165) is 0 Å². The highest BCUT2D eigenvalue weighted by Crippen LogP contribution is 2.27. The fraction of sp³-hybridized carbons (Fsp3) is 0.105. The number of carbonyl (C=O) groups is 1. The Kier molecular flexibility index (Phi) is 4.39. The van der Waals surface area contributed by atoms with E-state index in [9.17, 15) is 9.90 Å². The van der Waals surface area contributed by atoms with E-state index < -0.39 is 5.97 Å². The Morgan fingerprint density at radius 3 is 1.71 bits per heavy atom. The SMILES string of the molecule is C=C(C)C(=O)[O-].Cc1c2ccccc2cc2ccccc12. The Balaban J connectivity index is 0.000000232. The van der Waals surface area contributed by atoms with E-state index in [4.69, 9.17) is 0 Å². The molecule has 0 aliphatic heterocycles. The van der Waals surface area contributed by atoms with Crippen LogP contribution in [0.5, 0.6) is 0 Å². The normalized spacial score (nSPS) is 10.0. The molecule has 0 N–H and O–H groups in total. The van der Waals surface area contributed by atoms with E-state index in [1.807, 2.05) is 0 Å². The van der Waals surface area contributed by atoms with Crippen LogP contribution in [0.4, 0.5) is 0 Å². The first-order valence-corrected chi connectivity index (χ1v) is 6.74. The van der Waals surface area contributed by atoms with Gasteiger partial charge in [0.05, 0.1) is 5.97 Å². The summed E-state index contributed by atoms with van der Waals surface area (Å²) < 4.78 is 0. The van der Waals surface area contributed by atoms with Crippen LogP contribution in [0.3, 0.4) is 0 Å². The standard InChI is InChI=1S/C15H12.C4H6O2/c1-11-14-8-4-2-6-12(14)10-13-7-3-5-9-15(11)13;1-3(2)4(5)6/h2-10H,1H3;1H2,2H3,(H,5,6)/p-1. The average molecular weight is 277 g/mol. The molecule has 0 aliphatic carbocycles. The quantitative estimate of drug-likeness (QED) is 0.503. The van der Waals surface area contributed by atoms with Crippen molar-refractivity contribution in [3.05, 3.63) is 72.3 Å². The van der Waals surface area contributed by atoms with Crippen LogP contribution < -0.4 is 5.11 Å². The van der Waals surface area contributed by atoms with E-state index >= 15 is 0 Å². The van der Waals surface area contributed by atoms with Crippen molar-refractivity contribution in [2.75, 3.05) is 0 Å². The van der Waals surface area contributed by atoms with E-state index in [2.05, 4.69) is 68.1 Å². The van der Waals surface area contributed by atoms with Crippen LogP contribution in [-0.2, 0) is 4.79 Å². The van der Waals surface area contributed by atoms with Gasteiger partial charge in [0, 0.05) is 0 Å². The average Bonchev–Trinajstić information content (AvgIpc) is 2.48. The lowest BCUT2D eigenvalue weighted by Crippen LogP contribution is -2.22. The molecule has 0 bridgehead atoms. The number of benzene rings is 3. The third kappa shape index (κ3) is 3.29. The predicted molar refractivity (Wildman–Crippen MR) is 86.0 cm³/mol. The van der Waals surface area contributed by atoms with Gasteiger partial charge in [-0.2, -0.15) is 0 Å². The summed E-state index contributed by atoms with van der Waals surface area (Å²) in [6.07, 6.45) is 0. The monoisotopic (exact) mass is 277 g/mol. The molecule has 0 saturated carbocycles. The van der Waals surface area contributed by atoms with E-state index in [-0.39, 0.29) is 5.57 Å². The van der Waals surface area contributed by atoms with Crippen LogP contribution in [-0.4, -0.2) is 5.97 Å². The summed E-state index contributed by atoms with van der Waals surface area (Å²) in [6, 6.07) is 19.4. The molecule has 0 saturated heterocycles. The first kappa shape index (κ1) is 14.8. The molecule has 0 fully saturated rings. The summed E-state index contributed by atoms with van der Waals surface area (Å²) in [5.74, 6) is -1.19. The summed E-state index contributed by atoms with van der Waals surface area (Å²) in [4.78, 5) is 9.49. The van der Waals surface area contributed by atoms with Crippen molar-refractivity contribution in [2.24, 2.45) is 0 Å². The van der Waals surface area contributed by atoms with Crippen molar-refractivity contribution in [2.45, 2.75) is 13.8 Å². The number of carboxylic acids is 1. The molecule has 2 heteroatoms. The molecule has 0 spiro atoms. The molecule has 106 valence electrons. The van der Waals surface area contributed by atoms with Crippen molar-refractivity contribution in [1.82, 2.24) is 0 Å². The largest absolute Gasteiger partial charge is 0.545 e. The Bertz CT molecular complexity index is 750. The molecule has 21 heavy (non-hydrogen) atoms. The van der Waals surface area contributed by atoms with Gasteiger partial charge in [-0.3, -0.25) is 0 Å². The van der Waals surface area contributed by atoms with Crippen molar-refractivity contribution in [3.8, 4) is 0 Å². The summed E-state index contributed by atoms with van der Waals surface area (Å²) in [5, 5.41) is 14.9. The van der Waals surface area contributed by atoms with E-state index in [1.165, 1.54) is 34.0 Å². The summed E-state index contributed by atoms with van der Waals surface area (Å²) >= 11 is 0. The van der Waals surface area contributed by atoms with Gasteiger partial charge in [0.25, 0.3) is 0 Å². The van der Waals surface area contributed by atoms with Gasteiger partial charge in [-0.05, 0) is 52.6 Å². The van der Waals surface area contributed by atoms with Gasteiger partial charge in [-0.25, -0.2) is 0 Å². The fourth-order valence-corrected chi connectivity index (χ4v) is 2.24. The van der Waals surface area contributed by atoms with Gasteiger partial charge in [0.2, 0.25) is 0 Å². The van der Waals surface area contributed by atoms with Crippen molar-refractivity contribution in [3.63, 3.8) is 0 Å². The zero-order valence-electron chi connectivity index (χ0n) is 12.2. The third-order valence-electron chi connectivity index (χ3n) is 3.39. The lowest BCUT2D eigenvalue weighted by Gasteiger charge is -2.06. The summed E-state index contributed by atoms with van der Waals surface area (Å²) in [7, 11) is 0. The topological polar surface area (TPSA) is 40.1 Å². The number of rotatable bonds is 1. The smallest absolute Gasteiger partial charge is 0.0666 e. The van der Waals surface area contributed by atoms with Gasteiger partial charge < -0.3 is 9.90 Å². The second kappa shape index (κ2) is 6.23. The van der Waals surface area contributed by atoms with Crippen LogP contribution in [0.15, 0.2) is 66.7 Å². The first-order chi connectivity index (χ1) is 10.0. The van der Waals surface area contributed by atoms with E-state index in [0.29, 0.717) is 0 Å². The molecule has 3 aromatic carbocycles. The molecule has 3 aromatic rings. The minimum absolute atomic E-state index is 0.0648. The van der Waals surface area contributed by atoms with Crippen LogP contribution in [0.1, 0.15) is 12.5 Å². The van der Waals surface area contributed by atoms with Crippen LogP contribution in [0, 0.1) is 6.92 Å². The molecule has 0 amide bonds. The minimum Gasteiger partial charge on any atom is -0.545 e. The molecule has 0 aromatic heterocycles. The van der Waals surface area contributed by atoms with Gasteiger partial charge >= 0.3 is 0 Å². The van der Waals surface area contributed by atoms with Gasteiger partial charge in [-0.15, -0.1) is 0 Å². The Morgan fingerprint density at radius 1 is 0.952 bits per heavy atom. The zero-order chi connectivity index (χ0) is 15.4. The lowest BCUT2D eigenvalue weighted by atomic mass is 9.98. The molecular weight excluding hydrogens is 260 g/mol. The molecule has 0 unspecified atom stereocenters. The molecule has 0 aliphatic rings. The molecule has 0 radical (unpaired) electrons. The maximum absolute atomic E-state index is 9.49. The summed E-state index contributed by atoms with van der Waals surface area (Å²) in [5.41, 5.74) is 1.44. The Labute approximate surface area is 124 Å². The molecular formula is C19H17O2-. The molecule has 3 rings (SSSR count).